The summed E-state index contributed by atoms with van der Waals surface area (Å²) in [6.07, 6.45) is -3.11. The molecule has 1 N–H and O–H groups in total. The summed E-state index contributed by atoms with van der Waals surface area (Å²) in [4.78, 5) is 4.18. The minimum absolute atomic E-state index is 0.0651. The van der Waals surface area contributed by atoms with Gasteiger partial charge in [-0.3, -0.25) is 4.98 Å². The average molecular weight is 402 g/mol. The Morgan fingerprint density at radius 1 is 1.21 bits per heavy atom. The van der Waals surface area contributed by atoms with E-state index in [9.17, 15) is 13.2 Å². The number of hydrogen-bond acceptors (Lipinski definition) is 4. The van der Waals surface area contributed by atoms with E-state index < -0.39 is 12.8 Å². The van der Waals surface area contributed by atoms with Gasteiger partial charge in [0.25, 0.3) is 0 Å². The van der Waals surface area contributed by atoms with Crippen LogP contribution >= 0.6 is 0 Å². The van der Waals surface area contributed by atoms with Gasteiger partial charge in [0.15, 0.2) is 6.61 Å². The van der Waals surface area contributed by atoms with Crippen molar-refractivity contribution in [2.24, 2.45) is 0 Å². The van der Waals surface area contributed by atoms with E-state index in [0.29, 0.717) is 11.4 Å². The topological polar surface area (TPSA) is 47.3 Å². The second-order valence-electron chi connectivity index (χ2n) is 6.61. The van der Waals surface area contributed by atoms with Crippen LogP contribution < -0.4 is 10.1 Å². The van der Waals surface area contributed by atoms with Crippen LogP contribution in [0.25, 0.3) is 17.0 Å². The van der Waals surface area contributed by atoms with Crippen LogP contribution in [0.1, 0.15) is 30.0 Å². The van der Waals surface area contributed by atoms with E-state index in [2.05, 4.69) is 21.6 Å². The van der Waals surface area contributed by atoms with Crippen LogP contribution in [0.2, 0.25) is 0 Å². The fourth-order valence-corrected chi connectivity index (χ4v) is 2.84. The van der Waals surface area contributed by atoms with Gasteiger partial charge in [0.05, 0.1) is 17.9 Å². The first kappa shape index (κ1) is 20.5. The average Bonchev–Trinajstić information content (AvgIpc) is 3.09. The van der Waals surface area contributed by atoms with Crippen molar-refractivity contribution in [2.45, 2.75) is 26.1 Å². The lowest BCUT2D eigenvalue weighted by molar-refractivity contribution is -0.153. The molecule has 3 aromatic rings. The Hall–Kier alpha value is -3.22. The molecule has 2 heterocycles. The number of nitrogens with one attached hydrogen (secondary N) is 1. The van der Waals surface area contributed by atoms with Gasteiger partial charge < -0.3 is 14.5 Å². The molecule has 0 saturated heterocycles. The maximum absolute atomic E-state index is 12.2. The summed E-state index contributed by atoms with van der Waals surface area (Å²) in [5.74, 6) is 1.55. The molecular formula is C22H21F3N2O2. The molecule has 0 unspecified atom stereocenters. The lowest BCUT2D eigenvalue weighted by atomic mass is 10.1. The maximum atomic E-state index is 12.2. The number of benzene rings is 1. The SMILES string of the molecule is C=C(N[C@H](C)c1ccc(OCC(F)(F)F)cn1)c1cc(-c2ccccc2)oc1C. The molecule has 2 aromatic heterocycles. The minimum atomic E-state index is -4.38. The first-order valence-electron chi connectivity index (χ1n) is 9.00. The fraction of sp³-hybridized carbons (Fsp3) is 0.227. The van der Waals surface area contributed by atoms with Gasteiger partial charge in [-0.05, 0) is 32.0 Å². The number of furan rings is 1. The van der Waals surface area contributed by atoms with Crippen molar-refractivity contribution in [2.75, 3.05) is 6.61 Å². The van der Waals surface area contributed by atoms with Gasteiger partial charge >= 0.3 is 6.18 Å². The van der Waals surface area contributed by atoms with E-state index in [1.165, 1.54) is 12.3 Å². The van der Waals surface area contributed by atoms with Crippen molar-refractivity contribution in [3.05, 3.63) is 78.3 Å². The van der Waals surface area contributed by atoms with Crippen LogP contribution in [0, 0.1) is 6.92 Å². The van der Waals surface area contributed by atoms with Gasteiger partial charge in [0.2, 0.25) is 0 Å². The molecule has 1 atom stereocenters. The zero-order valence-electron chi connectivity index (χ0n) is 16.1. The predicted octanol–water partition coefficient (Wildman–Crippen LogP) is 5.91. The quantitative estimate of drug-likeness (QED) is 0.533. The van der Waals surface area contributed by atoms with Gasteiger partial charge in [0.1, 0.15) is 17.3 Å². The van der Waals surface area contributed by atoms with E-state index in [1.807, 2.05) is 50.2 Å². The highest BCUT2D eigenvalue weighted by atomic mass is 19.4. The lowest BCUT2D eigenvalue weighted by Gasteiger charge is -2.17. The van der Waals surface area contributed by atoms with Crippen LogP contribution in [0.3, 0.4) is 0 Å². The number of halogens is 3. The Morgan fingerprint density at radius 3 is 2.55 bits per heavy atom. The molecular weight excluding hydrogens is 381 g/mol. The molecule has 152 valence electrons. The summed E-state index contributed by atoms with van der Waals surface area (Å²) in [7, 11) is 0. The Bertz CT molecular complexity index is 964. The monoisotopic (exact) mass is 402 g/mol. The van der Waals surface area contributed by atoms with E-state index >= 15 is 0 Å². The Kier molecular flexibility index (Phi) is 5.96. The van der Waals surface area contributed by atoms with Crippen LogP contribution in [-0.4, -0.2) is 17.8 Å². The summed E-state index contributed by atoms with van der Waals surface area (Å²) >= 11 is 0. The lowest BCUT2D eigenvalue weighted by Crippen LogP contribution is -2.20. The van der Waals surface area contributed by atoms with Gasteiger partial charge in [-0.1, -0.05) is 36.9 Å². The minimum Gasteiger partial charge on any atom is -0.483 e. The first-order valence-corrected chi connectivity index (χ1v) is 9.00. The molecule has 0 amide bonds. The highest BCUT2D eigenvalue weighted by Crippen LogP contribution is 2.29. The summed E-state index contributed by atoms with van der Waals surface area (Å²) in [6, 6.07) is 14.5. The van der Waals surface area contributed by atoms with Crippen LogP contribution in [-0.2, 0) is 0 Å². The molecule has 0 spiro atoms. The third-order valence-corrected chi connectivity index (χ3v) is 4.30. The number of nitrogens with zero attached hydrogens (tertiary/aromatic N) is 1. The normalized spacial score (nSPS) is 12.4. The second kappa shape index (κ2) is 8.43. The number of ether oxygens (including phenoxy) is 1. The van der Waals surface area contributed by atoms with Crippen molar-refractivity contribution < 1.29 is 22.3 Å². The smallest absolute Gasteiger partial charge is 0.422 e. The van der Waals surface area contributed by atoms with Crippen molar-refractivity contribution in [1.29, 1.82) is 0 Å². The number of aryl methyl sites for hydroxylation is 1. The molecule has 0 fully saturated rings. The maximum Gasteiger partial charge on any atom is 0.422 e. The van der Waals surface area contributed by atoms with E-state index in [-0.39, 0.29) is 11.8 Å². The number of aromatic nitrogens is 1. The molecule has 4 nitrogen and oxygen atoms in total. The first-order chi connectivity index (χ1) is 13.7. The summed E-state index contributed by atoms with van der Waals surface area (Å²) in [5.41, 5.74) is 3.13. The van der Waals surface area contributed by atoms with Gasteiger partial charge in [-0.15, -0.1) is 0 Å². The van der Waals surface area contributed by atoms with Crippen molar-refractivity contribution >= 4 is 5.70 Å². The fourth-order valence-electron chi connectivity index (χ4n) is 2.84. The molecule has 1 aromatic carbocycles. The second-order valence-corrected chi connectivity index (χ2v) is 6.61. The third kappa shape index (κ3) is 5.40. The Balaban J connectivity index is 1.65. The summed E-state index contributed by atoms with van der Waals surface area (Å²) in [6.45, 7) is 6.49. The number of hydrogen-bond donors (Lipinski definition) is 1. The molecule has 3 rings (SSSR count). The van der Waals surface area contributed by atoms with Gasteiger partial charge in [0, 0.05) is 16.8 Å². The van der Waals surface area contributed by atoms with Crippen LogP contribution in [0.5, 0.6) is 5.75 Å². The Labute approximate surface area is 167 Å². The van der Waals surface area contributed by atoms with Crippen molar-refractivity contribution in [1.82, 2.24) is 10.3 Å². The standard InChI is InChI=1S/C22H21F3N2O2/c1-14(19-11-21(29-16(19)3)17-7-5-4-6-8-17)27-15(2)20-10-9-18(12-26-20)28-13-22(23,24)25/h4-12,15,27H,1,13H2,2-3H3/t15-/m1/s1. The predicted molar refractivity (Wildman–Crippen MR) is 105 cm³/mol. The van der Waals surface area contributed by atoms with Gasteiger partial charge in [-0.2, -0.15) is 13.2 Å². The van der Waals surface area contributed by atoms with Crippen molar-refractivity contribution in [3.8, 4) is 17.1 Å². The zero-order chi connectivity index (χ0) is 21.0. The highest BCUT2D eigenvalue weighted by molar-refractivity contribution is 5.69. The Morgan fingerprint density at radius 2 is 1.93 bits per heavy atom. The van der Waals surface area contributed by atoms with Crippen LogP contribution in [0.4, 0.5) is 13.2 Å². The highest BCUT2D eigenvalue weighted by Gasteiger charge is 2.28. The molecule has 0 aliphatic heterocycles. The van der Waals surface area contributed by atoms with Crippen molar-refractivity contribution in [3.63, 3.8) is 0 Å². The van der Waals surface area contributed by atoms with E-state index in [0.717, 1.165) is 22.6 Å². The number of pyridine rings is 1. The molecule has 0 saturated carbocycles. The van der Waals surface area contributed by atoms with E-state index in [1.54, 1.807) is 6.07 Å². The summed E-state index contributed by atoms with van der Waals surface area (Å²) in [5, 5.41) is 3.26. The van der Waals surface area contributed by atoms with Crippen LogP contribution in [0.15, 0.2) is 65.7 Å². The molecule has 0 bridgehead atoms. The largest absolute Gasteiger partial charge is 0.483 e. The molecule has 29 heavy (non-hydrogen) atoms. The molecule has 0 aliphatic carbocycles. The molecule has 0 aliphatic rings. The summed E-state index contributed by atoms with van der Waals surface area (Å²) < 4.78 is 47.2. The third-order valence-electron chi connectivity index (χ3n) is 4.30. The molecule has 7 heteroatoms. The number of alkyl halides is 3. The number of rotatable bonds is 7. The molecule has 0 radical (unpaired) electrons. The zero-order valence-corrected chi connectivity index (χ0v) is 16.1. The van der Waals surface area contributed by atoms with E-state index in [4.69, 9.17) is 4.42 Å². The van der Waals surface area contributed by atoms with Gasteiger partial charge in [-0.25, -0.2) is 0 Å².